The molecule has 5 heteroatoms. The van der Waals surface area contributed by atoms with Crippen LogP contribution in [0.25, 0.3) is 0 Å². The quantitative estimate of drug-likeness (QED) is 0.699. The van der Waals surface area contributed by atoms with Gasteiger partial charge in [-0.1, -0.05) is 20.3 Å². The number of unbranched alkanes of at least 4 members (excludes halogenated alkanes) is 1. The Bertz CT molecular complexity index is 273. The summed E-state index contributed by atoms with van der Waals surface area (Å²) in [4.78, 5) is 16.5. The first-order valence-electron chi connectivity index (χ1n) is 8.19. The van der Waals surface area contributed by atoms with Gasteiger partial charge in [0.15, 0.2) is 0 Å². The highest BCUT2D eigenvalue weighted by molar-refractivity contribution is 5.74. The Morgan fingerprint density at radius 3 is 2.70 bits per heavy atom. The number of carbonyl (C=O) groups excluding carboxylic acids is 1. The normalized spacial score (nSPS) is 18.6. The number of nitrogens with zero attached hydrogens (tertiary/aromatic N) is 2. The summed E-state index contributed by atoms with van der Waals surface area (Å²) in [5, 5.41) is 3.01. The molecule has 0 aromatic heterocycles. The molecule has 1 aliphatic rings. The van der Waals surface area contributed by atoms with Gasteiger partial charge >= 0.3 is 6.03 Å². The molecule has 1 rings (SSSR count). The van der Waals surface area contributed by atoms with Crippen LogP contribution in [-0.2, 0) is 0 Å². The monoisotopic (exact) mass is 284 g/mol. The van der Waals surface area contributed by atoms with Gasteiger partial charge in [-0.15, -0.1) is 0 Å². The second-order valence-corrected chi connectivity index (χ2v) is 5.60. The number of nitrogens with two attached hydrogens (primary N) is 1. The van der Waals surface area contributed by atoms with Crippen LogP contribution in [0.4, 0.5) is 4.79 Å². The maximum atomic E-state index is 12.1. The maximum Gasteiger partial charge on any atom is 0.317 e. The minimum absolute atomic E-state index is 0.104. The molecule has 2 amide bonds. The lowest BCUT2D eigenvalue weighted by molar-refractivity contribution is 0.180. The van der Waals surface area contributed by atoms with Crippen molar-refractivity contribution in [3.63, 3.8) is 0 Å². The third-order valence-electron chi connectivity index (χ3n) is 4.11. The van der Waals surface area contributed by atoms with Gasteiger partial charge in [0, 0.05) is 38.8 Å². The first kappa shape index (κ1) is 17.2. The zero-order chi connectivity index (χ0) is 14.8. The maximum absolute atomic E-state index is 12.1. The average molecular weight is 284 g/mol. The van der Waals surface area contributed by atoms with E-state index in [4.69, 9.17) is 5.73 Å². The van der Waals surface area contributed by atoms with Crippen molar-refractivity contribution in [1.29, 1.82) is 0 Å². The third kappa shape index (κ3) is 5.67. The van der Waals surface area contributed by atoms with E-state index in [0.717, 1.165) is 71.4 Å². The second kappa shape index (κ2) is 10.00. The zero-order valence-corrected chi connectivity index (χ0v) is 13.2. The van der Waals surface area contributed by atoms with Gasteiger partial charge in [0.2, 0.25) is 0 Å². The molecule has 0 aromatic carbocycles. The lowest BCUT2D eigenvalue weighted by Crippen LogP contribution is -2.43. The lowest BCUT2D eigenvalue weighted by Gasteiger charge is -2.29. The number of hydrogen-bond donors (Lipinski definition) is 2. The largest absolute Gasteiger partial charge is 0.338 e. The summed E-state index contributed by atoms with van der Waals surface area (Å²) in [7, 11) is 0. The Morgan fingerprint density at radius 1 is 1.25 bits per heavy atom. The Morgan fingerprint density at radius 2 is 2.05 bits per heavy atom. The summed E-state index contributed by atoms with van der Waals surface area (Å²) in [5.41, 5.74) is 5.69. The summed E-state index contributed by atoms with van der Waals surface area (Å²) in [6, 6.07) is 0.676. The molecule has 5 nitrogen and oxygen atoms in total. The molecule has 0 aliphatic carbocycles. The van der Waals surface area contributed by atoms with Crippen molar-refractivity contribution in [3.8, 4) is 0 Å². The van der Waals surface area contributed by atoms with Gasteiger partial charge in [-0.25, -0.2) is 4.79 Å². The van der Waals surface area contributed by atoms with Gasteiger partial charge in [-0.2, -0.15) is 0 Å². The summed E-state index contributed by atoms with van der Waals surface area (Å²) in [6.45, 7) is 9.65. The van der Waals surface area contributed by atoms with Crippen molar-refractivity contribution in [2.45, 2.75) is 52.0 Å². The highest BCUT2D eigenvalue weighted by Crippen LogP contribution is 2.12. The number of urea groups is 1. The van der Waals surface area contributed by atoms with Crippen molar-refractivity contribution in [3.05, 3.63) is 0 Å². The number of nitrogens with one attached hydrogen (secondary N) is 1. The van der Waals surface area contributed by atoms with Gasteiger partial charge in [0.25, 0.3) is 0 Å². The van der Waals surface area contributed by atoms with Crippen molar-refractivity contribution in [2.24, 2.45) is 5.73 Å². The van der Waals surface area contributed by atoms with Crippen LogP contribution in [0.2, 0.25) is 0 Å². The Kier molecular flexibility index (Phi) is 8.62. The SMILES string of the molecule is CCCCNC(=O)N1CCCN(C(CC)CCN)CC1. The first-order chi connectivity index (χ1) is 9.72. The van der Waals surface area contributed by atoms with Crippen LogP contribution in [0, 0.1) is 0 Å². The molecule has 118 valence electrons. The number of rotatable bonds is 7. The van der Waals surface area contributed by atoms with Gasteiger partial charge < -0.3 is 16.0 Å². The minimum Gasteiger partial charge on any atom is -0.338 e. The standard InChI is InChI=1S/C15H32N4O/c1-3-5-9-17-15(20)19-11-6-10-18(12-13-19)14(4-2)7-8-16/h14H,3-13,16H2,1-2H3,(H,17,20). The summed E-state index contributed by atoms with van der Waals surface area (Å²) in [6.07, 6.45) is 5.42. The van der Waals surface area contributed by atoms with E-state index in [1.807, 2.05) is 4.90 Å². The Labute approximate surface area is 123 Å². The lowest BCUT2D eigenvalue weighted by atomic mass is 10.1. The predicted molar refractivity (Wildman–Crippen MR) is 83.8 cm³/mol. The highest BCUT2D eigenvalue weighted by atomic mass is 16.2. The second-order valence-electron chi connectivity index (χ2n) is 5.60. The fraction of sp³-hybridized carbons (Fsp3) is 0.933. The Balaban J connectivity index is 2.39. The number of hydrogen-bond acceptors (Lipinski definition) is 3. The topological polar surface area (TPSA) is 61.6 Å². The van der Waals surface area contributed by atoms with Crippen molar-refractivity contribution < 1.29 is 4.79 Å². The highest BCUT2D eigenvalue weighted by Gasteiger charge is 2.22. The molecule has 3 N–H and O–H groups in total. The van der Waals surface area contributed by atoms with E-state index in [2.05, 4.69) is 24.1 Å². The van der Waals surface area contributed by atoms with E-state index < -0.39 is 0 Å². The van der Waals surface area contributed by atoms with Crippen molar-refractivity contribution >= 4 is 6.03 Å². The smallest absolute Gasteiger partial charge is 0.317 e. The minimum atomic E-state index is 0.104. The average Bonchev–Trinajstić information content (AvgIpc) is 2.71. The first-order valence-corrected chi connectivity index (χ1v) is 8.19. The van der Waals surface area contributed by atoms with Gasteiger partial charge in [0.1, 0.15) is 0 Å². The molecule has 20 heavy (non-hydrogen) atoms. The van der Waals surface area contributed by atoms with E-state index >= 15 is 0 Å². The molecule has 1 atom stereocenters. The van der Waals surface area contributed by atoms with Crippen LogP contribution in [-0.4, -0.2) is 61.1 Å². The van der Waals surface area contributed by atoms with Gasteiger partial charge in [-0.05, 0) is 32.2 Å². The molecule has 1 unspecified atom stereocenters. The van der Waals surface area contributed by atoms with Crippen LogP contribution in [0.5, 0.6) is 0 Å². The fourth-order valence-electron chi connectivity index (χ4n) is 2.83. The Hall–Kier alpha value is -0.810. The molecule has 1 heterocycles. The van der Waals surface area contributed by atoms with E-state index in [1.54, 1.807) is 0 Å². The summed E-state index contributed by atoms with van der Waals surface area (Å²) in [5.74, 6) is 0. The number of carbonyl (C=O) groups is 1. The molecule has 1 aliphatic heterocycles. The molecule has 0 aromatic rings. The van der Waals surface area contributed by atoms with Crippen molar-refractivity contribution in [2.75, 3.05) is 39.3 Å². The zero-order valence-electron chi connectivity index (χ0n) is 13.2. The molecule has 0 radical (unpaired) electrons. The van der Waals surface area contributed by atoms with E-state index in [9.17, 15) is 4.79 Å². The van der Waals surface area contributed by atoms with Gasteiger partial charge in [-0.3, -0.25) is 4.90 Å². The predicted octanol–water partition coefficient (Wildman–Crippen LogP) is 1.63. The van der Waals surface area contributed by atoms with Crippen LogP contribution in [0.3, 0.4) is 0 Å². The number of amides is 2. The summed E-state index contributed by atoms with van der Waals surface area (Å²) >= 11 is 0. The molecule has 0 spiro atoms. The molecular weight excluding hydrogens is 252 g/mol. The van der Waals surface area contributed by atoms with E-state index in [1.165, 1.54) is 0 Å². The molecule has 1 saturated heterocycles. The summed E-state index contributed by atoms with van der Waals surface area (Å²) < 4.78 is 0. The molecule has 0 bridgehead atoms. The van der Waals surface area contributed by atoms with Crippen LogP contribution < -0.4 is 11.1 Å². The molecule has 1 fully saturated rings. The van der Waals surface area contributed by atoms with Gasteiger partial charge in [0.05, 0.1) is 0 Å². The third-order valence-corrected chi connectivity index (χ3v) is 4.11. The van der Waals surface area contributed by atoms with Crippen molar-refractivity contribution in [1.82, 2.24) is 15.1 Å². The molecule has 0 saturated carbocycles. The van der Waals surface area contributed by atoms with Crippen LogP contribution >= 0.6 is 0 Å². The fourth-order valence-corrected chi connectivity index (χ4v) is 2.83. The van der Waals surface area contributed by atoms with E-state index in [-0.39, 0.29) is 6.03 Å². The van der Waals surface area contributed by atoms with Crippen LogP contribution in [0.1, 0.15) is 46.0 Å². The van der Waals surface area contributed by atoms with E-state index in [0.29, 0.717) is 6.04 Å². The van der Waals surface area contributed by atoms with Crippen LogP contribution in [0.15, 0.2) is 0 Å². The molecular formula is C15H32N4O.